The Morgan fingerprint density at radius 1 is 0.606 bits per heavy atom. The molecule has 2 saturated heterocycles. The number of esters is 2. The van der Waals surface area contributed by atoms with Crippen LogP contribution in [0.3, 0.4) is 0 Å². The summed E-state index contributed by atoms with van der Waals surface area (Å²) in [5.41, 5.74) is 0. The van der Waals surface area contributed by atoms with Crippen LogP contribution in [0.1, 0.15) is 12.8 Å². The van der Waals surface area contributed by atoms with Gasteiger partial charge >= 0.3 is 11.9 Å². The van der Waals surface area contributed by atoms with Crippen molar-refractivity contribution in [1.82, 2.24) is 0 Å². The largest absolute Gasteiger partial charge is 0.479 e. The molecule has 0 aliphatic carbocycles. The number of ether oxygens (including phenoxy) is 4. The number of benzene rings is 3. The van der Waals surface area contributed by atoms with Gasteiger partial charge < -0.3 is 18.9 Å². The average Bonchev–Trinajstić information content (AvgIpc) is 3.44. The summed E-state index contributed by atoms with van der Waals surface area (Å²) in [6, 6.07) is 26.0. The second kappa shape index (κ2) is 9.58. The van der Waals surface area contributed by atoms with Gasteiger partial charge in [0.2, 0.25) is 0 Å². The van der Waals surface area contributed by atoms with E-state index in [-0.39, 0.29) is 22.8 Å². The van der Waals surface area contributed by atoms with Crippen molar-refractivity contribution in [2.24, 2.45) is 0 Å². The molecule has 33 heavy (non-hydrogen) atoms. The summed E-state index contributed by atoms with van der Waals surface area (Å²) < 4.78 is 21.5. The third kappa shape index (κ3) is 4.83. The normalized spacial score (nSPS) is 20.7. The van der Waals surface area contributed by atoms with Crippen molar-refractivity contribution < 1.29 is 28.5 Å². The van der Waals surface area contributed by atoms with Gasteiger partial charge in [0.25, 0.3) is 0 Å². The summed E-state index contributed by atoms with van der Waals surface area (Å²) in [7, 11) is -0.347. The number of hydrogen-bond acceptors (Lipinski definition) is 6. The van der Waals surface area contributed by atoms with Crippen LogP contribution < -0.4 is 9.47 Å². The zero-order chi connectivity index (χ0) is 22.6. The zero-order valence-electron chi connectivity index (χ0n) is 17.8. The molecule has 0 aromatic heterocycles. The first kappa shape index (κ1) is 21.4. The molecule has 0 bridgehead atoms. The second-order valence-corrected chi connectivity index (χ2v) is 9.71. The predicted octanol–water partition coefficient (Wildman–Crippen LogP) is 4.17. The molecule has 6 nitrogen and oxygen atoms in total. The smallest absolute Gasteiger partial charge is 0.347 e. The topological polar surface area (TPSA) is 71.1 Å². The van der Waals surface area contributed by atoms with E-state index in [4.69, 9.17) is 18.9 Å². The molecule has 168 valence electrons. The highest BCUT2D eigenvalue weighted by atomic mass is 32.2. The predicted molar refractivity (Wildman–Crippen MR) is 121 cm³/mol. The molecular weight excluding hydrogens is 440 g/mol. The molecule has 2 fully saturated rings. The van der Waals surface area contributed by atoms with Crippen LogP contribution in [0.2, 0.25) is 0 Å². The van der Waals surface area contributed by atoms with E-state index in [0.717, 1.165) is 9.79 Å². The van der Waals surface area contributed by atoms with Gasteiger partial charge in [0.1, 0.15) is 11.5 Å². The standard InChI is InChI=1S/C26H23O6S/c27-25-23(14-16-29-25)31-18-6-10-21(11-7-18)33(20-4-2-1-3-5-20)22-12-8-19(9-13-22)32-24-15-17-30-26(24)28/h1-13,23-24H,14-17H2/q+1. The van der Waals surface area contributed by atoms with Crippen molar-refractivity contribution in [2.45, 2.75) is 39.7 Å². The van der Waals surface area contributed by atoms with Crippen molar-refractivity contribution in [2.75, 3.05) is 13.2 Å². The molecule has 2 aliphatic rings. The van der Waals surface area contributed by atoms with Crippen molar-refractivity contribution in [3.05, 3.63) is 78.9 Å². The number of rotatable bonds is 7. The minimum Gasteiger partial charge on any atom is -0.479 e. The van der Waals surface area contributed by atoms with E-state index in [2.05, 4.69) is 12.1 Å². The third-order valence-corrected chi connectivity index (χ3v) is 7.66. The lowest BCUT2D eigenvalue weighted by Crippen LogP contribution is -2.21. The van der Waals surface area contributed by atoms with Gasteiger partial charge in [-0.3, -0.25) is 0 Å². The molecule has 2 aliphatic heterocycles. The highest BCUT2D eigenvalue weighted by Crippen LogP contribution is 2.33. The molecule has 3 aromatic rings. The average molecular weight is 464 g/mol. The fourth-order valence-electron chi connectivity index (χ4n) is 3.77. The van der Waals surface area contributed by atoms with Crippen molar-refractivity contribution >= 4 is 22.8 Å². The SMILES string of the molecule is O=C1OCCC1Oc1ccc([S+](c2ccccc2)c2ccc(OC3CCOC3=O)cc2)cc1. The molecular formula is C26H23O6S+. The van der Waals surface area contributed by atoms with E-state index in [1.807, 2.05) is 66.7 Å². The van der Waals surface area contributed by atoms with Gasteiger partial charge in [0, 0.05) is 12.8 Å². The molecule has 0 amide bonds. The Morgan fingerprint density at radius 2 is 1.03 bits per heavy atom. The summed E-state index contributed by atoms with van der Waals surface area (Å²) in [4.78, 5) is 26.8. The number of carbonyl (C=O) groups is 2. The number of carbonyl (C=O) groups excluding carboxylic acids is 2. The maximum atomic E-state index is 11.7. The molecule has 2 heterocycles. The molecule has 5 rings (SSSR count). The minimum absolute atomic E-state index is 0.309. The van der Waals surface area contributed by atoms with Crippen LogP contribution in [0.25, 0.3) is 0 Å². The molecule has 0 N–H and O–H groups in total. The van der Waals surface area contributed by atoms with E-state index < -0.39 is 12.2 Å². The molecule has 0 saturated carbocycles. The van der Waals surface area contributed by atoms with E-state index in [1.165, 1.54) is 4.90 Å². The van der Waals surface area contributed by atoms with Gasteiger partial charge in [0.05, 0.1) is 24.1 Å². The fourth-order valence-corrected chi connectivity index (χ4v) is 5.83. The molecule has 7 heteroatoms. The number of cyclic esters (lactones) is 2. The minimum atomic E-state index is -0.534. The third-order valence-electron chi connectivity index (χ3n) is 5.43. The first-order valence-electron chi connectivity index (χ1n) is 10.8. The first-order valence-corrected chi connectivity index (χ1v) is 12.1. The van der Waals surface area contributed by atoms with Gasteiger partial charge in [0.15, 0.2) is 26.9 Å². The van der Waals surface area contributed by atoms with E-state index in [0.29, 0.717) is 37.6 Å². The summed E-state index contributed by atoms with van der Waals surface area (Å²) in [5.74, 6) is 0.672. The Kier molecular flexibility index (Phi) is 6.21. The Hall–Kier alpha value is -3.45. The van der Waals surface area contributed by atoms with Gasteiger partial charge in [-0.25, -0.2) is 9.59 Å². The van der Waals surface area contributed by atoms with E-state index in [9.17, 15) is 9.59 Å². The van der Waals surface area contributed by atoms with Crippen LogP contribution in [-0.4, -0.2) is 37.4 Å². The lowest BCUT2D eigenvalue weighted by molar-refractivity contribution is -0.144. The highest BCUT2D eigenvalue weighted by Gasteiger charge is 2.32. The van der Waals surface area contributed by atoms with Crippen LogP contribution in [0.15, 0.2) is 93.5 Å². The lowest BCUT2D eigenvalue weighted by Gasteiger charge is -2.12. The zero-order valence-corrected chi connectivity index (χ0v) is 18.7. The molecule has 0 radical (unpaired) electrons. The summed E-state index contributed by atoms with van der Waals surface area (Å²) in [6.07, 6.45) is 0.0741. The summed E-state index contributed by atoms with van der Waals surface area (Å²) in [6.45, 7) is 0.807. The van der Waals surface area contributed by atoms with E-state index in [1.54, 1.807) is 0 Å². The Morgan fingerprint density at radius 3 is 1.42 bits per heavy atom. The molecule has 2 atom stereocenters. The van der Waals surface area contributed by atoms with Crippen LogP contribution in [-0.2, 0) is 30.0 Å². The molecule has 3 aromatic carbocycles. The summed E-state index contributed by atoms with van der Waals surface area (Å²) in [5, 5.41) is 0. The van der Waals surface area contributed by atoms with Gasteiger partial charge in [-0.05, 0) is 60.7 Å². The first-order chi connectivity index (χ1) is 16.2. The fraction of sp³-hybridized carbons (Fsp3) is 0.231. The Labute approximate surface area is 194 Å². The molecule has 2 unspecified atom stereocenters. The van der Waals surface area contributed by atoms with Crippen LogP contribution >= 0.6 is 0 Å². The maximum absolute atomic E-state index is 11.7. The van der Waals surface area contributed by atoms with Crippen LogP contribution in [0, 0.1) is 0 Å². The van der Waals surface area contributed by atoms with Crippen molar-refractivity contribution in [3.63, 3.8) is 0 Å². The van der Waals surface area contributed by atoms with Gasteiger partial charge in [-0.1, -0.05) is 18.2 Å². The van der Waals surface area contributed by atoms with Gasteiger partial charge in [-0.15, -0.1) is 0 Å². The van der Waals surface area contributed by atoms with Gasteiger partial charge in [-0.2, -0.15) is 0 Å². The Bertz CT molecular complexity index is 1040. The second-order valence-electron chi connectivity index (χ2n) is 7.69. The van der Waals surface area contributed by atoms with Crippen LogP contribution in [0.4, 0.5) is 0 Å². The number of hydrogen-bond donors (Lipinski definition) is 0. The van der Waals surface area contributed by atoms with Crippen LogP contribution in [0.5, 0.6) is 11.5 Å². The summed E-state index contributed by atoms with van der Waals surface area (Å²) >= 11 is 0. The quantitative estimate of drug-likeness (QED) is 0.387. The maximum Gasteiger partial charge on any atom is 0.347 e. The van der Waals surface area contributed by atoms with E-state index >= 15 is 0 Å². The van der Waals surface area contributed by atoms with Crippen molar-refractivity contribution in [1.29, 1.82) is 0 Å². The van der Waals surface area contributed by atoms with Crippen molar-refractivity contribution in [3.8, 4) is 11.5 Å². The highest BCUT2D eigenvalue weighted by molar-refractivity contribution is 7.97. The Balaban J connectivity index is 1.38. The monoisotopic (exact) mass is 463 g/mol. The molecule has 0 spiro atoms. The lowest BCUT2D eigenvalue weighted by atomic mass is 10.3.